The van der Waals surface area contributed by atoms with Gasteiger partial charge in [0.25, 0.3) is 5.91 Å². The maximum atomic E-state index is 12.7. The Balaban J connectivity index is 2.25. The lowest BCUT2D eigenvalue weighted by atomic mass is 10.0. The summed E-state index contributed by atoms with van der Waals surface area (Å²) in [4.78, 5) is 22.5. The highest BCUT2D eigenvalue weighted by Crippen LogP contribution is 2.23. The molecule has 2 rings (SSSR count). The lowest BCUT2D eigenvalue weighted by Crippen LogP contribution is -2.30. The Labute approximate surface area is 136 Å². The Morgan fingerprint density at radius 1 is 1.43 bits per heavy atom. The summed E-state index contributed by atoms with van der Waals surface area (Å²) in [6, 6.07) is 7.11. The van der Waals surface area contributed by atoms with Crippen molar-refractivity contribution in [1.82, 2.24) is 14.9 Å². The number of carbonyl (C=O) groups is 1. The van der Waals surface area contributed by atoms with E-state index in [0.717, 1.165) is 17.0 Å². The normalized spacial score (nSPS) is 11.6. The highest BCUT2D eigenvalue weighted by Gasteiger charge is 2.20. The van der Waals surface area contributed by atoms with Crippen molar-refractivity contribution in [3.05, 3.63) is 66.3 Å². The molecule has 2 aromatic rings. The van der Waals surface area contributed by atoms with Crippen LogP contribution >= 0.6 is 0 Å². The van der Waals surface area contributed by atoms with Gasteiger partial charge in [-0.15, -0.1) is 6.58 Å². The molecule has 5 heteroatoms. The molecule has 0 aliphatic rings. The second-order valence-electron chi connectivity index (χ2n) is 5.25. The minimum atomic E-state index is -0.143. The Morgan fingerprint density at radius 3 is 2.83 bits per heavy atom. The minimum Gasteiger partial charge on any atom is -0.496 e. The number of amides is 1. The van der Waals surface area contributed by atoms with E-state index < -0.39 is 0 Å². The zero-order chi connectivity index (χ0) is 16.8. The maximum absolute atomic E-state index is 12.7. The number of rotatable bonds is 6. The third-order valence-corrected chi connectivity index (χ3v) is 3.83. The van der Waals surface area contributed by atoms with Crippen molar-refractivity contribution in [1.29, 1.82) is 0 Å². The molecule has 0 spiro atoms. The fourth-order valence-electron chi connectivity index (χ4n) is 2.35. The number of ether oxygens (including phenoxy) is 1. The molecule has 1 heterocycles. The standard InChI is InChI=1S/C18H21N3O2/c1-5-6-14-11-15(7-8-17(14)23-4)18(22)21(3)13(2)16-9-10-19-12-20-16/h5,7-13H,1,6H2,2-4H3/t13-/m1/s1. The van der Waals surface area contributed by atoms with Crippen LogP contribution in [-0.2, 0) is 6.42 Å². The van der Waals surface area contributed by atoms with Crippen LogP contribution in [0.3, 0.4) is 0 Å². The Bertz CT molecular complexity index is 686. The summed E-state index contributed by atoms with van der Waals surface area (Å²) in [5, 5.41) is 0. The SMILES string of the molecule is C=CCc1cc(C(=O)N(C)[C@H](C)c2ccncn2)ccc1OC. The highest BCUT2D eigenvalue weighted by molar-refractivity contribution is 5.94. The first-order valence-electron chi connectivity index (χ1n) is 7.39. The number of hydrogen-bond donors (Lipinski definition) is 0. The van der Waals surface area contributed by atoms with E-state index in [-0.39, 0.29) is 11.9 Å². The van der Waals surface area contributed by atoms with Gasteiger partial charge in [-0.05, 0) is 43.2 Å². The van der Waals surface area contributed by atoms with Crippen molar-refractivity contribution in [3.63, 3.8) is 0 Å². The second kappa shape index (κ2) is 7.54. The number of nitrogens with zero attached hydrogens (tertiary/aromatic N) is 3. The molecule has 0 bridgehead atoms. The fourth-order valence-corrected chi connectivity index (χ4v) is 2.35. The quantitative estimate of drug-likeness (QED) is 0.769. The number of aromatic nitrogens is 2. The summed E-state index contributed by atoms with van der Waals surface area (Å²) in [7, 11) is 3.39. The first-order valence-corrected chi connectivity index (χ1v) is 7.39. The molecule has 0 aliphatic heterocycles. The van der Waals surface area contributed by atoms with Crippen molar-refractivity contribution >= 4 is 5.91 Å². The topological polar surface area (TPSA) is 55.3 Å². The molecule has 120 valence electrons. The van der Waals surface area contributed by atoms with Crippen LogP contribution in [-0.4, -0.2) is 34.9 Å². The third-order valence-electron chi connectivity index (χ3n) is 3.83. The number of carbonyl (C=O) groups excluding carboxylic acids is 1. The van der Waals surface area contributed by atoms with Gasteiger partial charge in [-0.3, -0.25) is 4.79 Å². The molecule has 1 aromatic carbocycles. The molecule has 1 amide bonds. The van der Waals surface area contributed by atoms with Gasteiger partial charge < -0.3 is 9.64 Å². The van der Waals surface area contributed by atoms with Crippen molar-refractivity contribution < 1.29 is 9.53 Å². The van der Waals surface area contributed by atoms with Crippen LogP contribution in [0.1, 0.15) is 34.6 Å². The summed E-state index contributed by atoms with van der Waals surface area (Å²) in [5.41, 5.74) is 2.36. The predicted octanol–water partition coefficient (Wildman–Crippen LogP) is 3.05. The predicted molar refractivity (Wildman–Crippen MR) is 89.4 cm³/mol. The first kappa shape index (κ1) is 16.7. The second-order valence-corrected chi connectivity index (χ2v) is 5.25. The monoisotopic (exact) mass is 311 g/mol. The molecule has 5 nitrogen and oxygen atoms in total. The summed E-state index contributed by atoms with van der Waals surface area (Å²) < 4.78 is 5.32. The molecule has 0 fully saturated rings. The van der Waals surface area contributed by atoms with Crippen LogP contribution in [0.5, 0.6) is 5.75 Å². The average molecular weight is 311 g/mol. The summed E-state index contributed by atoms with van der Waals surface area (Å²) in [6.07, 6.45) is 5.60. The van der Waals surface area contributed by atoms with E-state index >= 15 is 0 Å². The molecular weight excluding hydrogens is 290 g/mol. The van der Waals surface area contributed by atoms with Gasteiger partial charge in [0, 0.05) is 18.8 Å². The van der Waals surface area contributed by atoms with Crippen molar-refractivity contribution in [3.8, 4) is 5.75 Å². The molecular formula is C18H21N3O2. The summed E-state index contributed by atoms with van der Waals surface area (Å²) in [6.45, 7) is 5.68. The maximum Gasteiger partial charge on any atom is 0.254 e. The van der Waals surface area contributed by atoms with Crippen LogP contribution < -0.4 is 4.74 Å². The van der Waals surface area contributed by atoms with E-state index in [0.29, 0.717) is 12.0 Å². The van der Waals surface area contributed by atoms with Gasteiger partial charge in [-0.25, -0.2) is 9.97 Å². The largest absolute Gasteiger partial charge is 0.496 e. The molecule has 0 saturated heterocycles. The van der Waals surface area contributed by atoms with Gasteiger partial charge >= 0.3 is 0 Å². The molecule has 0 saturated carbocycles. The van der Waals surface area contributed by atoms with Gasteiger partial charge in [0.15, 0.2) is 0 Å². The Kier molecular flexibility index (Phi) is 5.46. The number of allylic oxidation sites excluding steroid dienone is 1. The molecule has 1 atom stereocenters. The van der Waals surface area contributed by atoms with E-state index in [2.05, 4.69) is 16.5 Å². The summed E-state index contributed by atoms with van der Waals surface area (Å²) in [5.74, 6) is 0.692. The van der Waals surface area contributed by atoms with Crippen LogP contribution in [0.2, 0.25) is 0 Å². The van der Waals surface area contributed by atoms with E-state index in [1.165, 1.54) is 6.33 Å². The zero-order valence-corrected chi connectivity index (χ0v) is 13.7. The fraction of sp³-hybridized carbons (Fsp3) is 0.278. The molecule has 1 aromatic heterocycles. The van der Waals surface area contributed by atoms with Gasteiger partial charge in [0.1, 0.15) is 12.1 Å². The zero-order valence-electron chi connectivity index (χ0n) is 13.7. The van der Waals surface area contributed by atoms with Gasteiger partial charge in [-0.2, -0.15) is 0 Å². The van der Waals surface area contributed by atoms with E-state index in [9.17, 15) is 4.79 Å². The average Bonchev–Trinajstić information content (AvgIpc) is 2.60. The smallest absolute Gasteiger partial charge is 0.254 e. The third kappa shape index (κ3) is 3.74. The number of benzene rings is 1. The van der Waals surface area contributed by atoms with Crippen LogP contribution in [0.25, 0.3) is 0 Å². The van der Waals surface area contributed by atoms with E-state index in [1.54, 1.807) is 37.4 Å². The van der Waals surface area contributed by atoms with Crippen LogP contribution in [0.4, 0.5) is 0 Å². The van der Waals surface area contributed by atoms with Crippen molar-refractivity contribution in [2.24, 2.45) is 0 Å². The van der Waals surface area contributed by atoms with Crippen molar-refractivity contribution in [2.75, 3.05) is 14.2 Å². The molecule has 0 radical (unpaired) electrons. The first-order chi connectivity index (χ1) is 11.1. The summed E-state index contributed by atoms with van der Waals surface area (Å²) >= 11 is 0. The van der Waals surface area contributed by atoms with E-state index in [1.807, 2.05) is 25.1 Å². The van der Waals surface area contributed by atoms with Crippen molar-refractivity contribution in [2.45, 2.75) is 19.4 Å². The van der Waals surface area contributed by atoms with Crippen LogP contribution in [0.15, 0.2) is 49.4 Å². The molecule has 0 aliphatic carbocycles. The lowest BCUT2D eigenvalue weighted by Gasteiger charge is -2.24. The van der Waals surface area contributed by atoms with Crippen LogP contribution in [0, 0.1) is 0 Å². The molecule has 0 unspecified atom stereocenters. The highest BCUT2D eigenvalue weighted by atomic mass is 16.5. The number of methoxy groups -OCH3 is 1. The molecule has 0 N–H and O–H groups in total. The van der Waals surface area contributed by atoms with Gasteiger partial charge in [-0.1, -0.05) is 6.08 Å². The molecule has 23 heavy (non-hydrogen) atoms. The van der Waals surface area contributed by atoms with Gasteiger partial charge in [0.2, 0.25) is 0 Å². The lowest BCUT2D eigenvalue weighted by molar-refractivity contribution is 0.0739. The minimum absolute atomic E-state index is 0.0657. The van der Waals surface area contributed by atoms with E-state index in [4.69, 9.17) is 4.74 Å². The Hall–Kier alpha value is -2.69. The number of hydrogen-bond acceptors (Lipinski definition) is 4. The Morgan fingerprint density at radius 2 is 2.22 bits per heavy atom. The van der Waals surface area contributed by atoms with Gasteiger partial charge in [0.05, 0.1) is 18.8 Å².